The van der Waals surface area contributed by atoms with Gasteiger partial charge in [-0.2, -0.15) is 0 Å². The Labute approximate surface area is 127 Å². The Morgan fingerprint density at radius 3 is 2.10 bits per heavy atom. The van der Waals surface area contributed by atoms with Gasteiger partial charge in [-0.3, -0.25) is 4.79 Å². The lowest BCUT2D eigenvalue weighted by molar-refractivity contribution is -0.142. The van der Waals surface area contributed by atoms with E-state index < -0.39 is 11.0 Å². The molecule has 0 aromatic carbocycles. The third-order valence-electron chi connectivity index (χ3n) is 4.36. The van der Waals surface area contributed by atoms with Gasteiger partial charge in [-0.05, 0) is 32.6 Å². The van der Waals surface area contributed by atoms with E-state index in [1.54, 1.807) is 0 Å². The number of carbonyl (C=O) groups is 1. The van der Waals surface area contributed by atoms with Gasteiger partial charge in [0.25, 0.3) is 0 Å². The average molecular weight is 300 g/mol. The molecular formula is C15H28N2O2S. The van der Waals surface area contributed by atoms with Crippen molar-refractivity contribution in [1.29, 1.82) is 0 Å². The van der Waals surface area contributed by atoms with Crippen LogP contribution in [-0.2, 0) is 4.79 Å². The van der Waals surface area contributed by atoms with E-state index in [0.717, 1.165) is 12.8 Å². The molecule has 0 aromatic heterocycles. The largest absolute Gasteiger partial charge is 0.392 e. The minimum absolute atomic E-state index is 0.0594. The van der Waals surface area contributed by atoms with Crippen LogP contribution in [0.4, 0.5) is 0 Å². The lowest BCUT2D eigenvalue weighted by Gasteiger charge is -2.41. The zero-order chi connectivity index (χ0) is 15.4. The van der Waals surface area contributed by atoms with Gasteiger partial charge in [-0.25, -0.2) is 0 Å². The molecule has 20 heavy (non-hydrogen) atoms. The second-order valence-corrected chi connectivity index (χ2v) is 6.68. The fourth-order valence-corrected chi connectivity index (χ4v) is 3.33. The number of carbonyl (C=O) groups excluding carboxylic acids is 1. The number of hydrogen-bond acceptors (Lipinski definition) is 3. The molecule has 0 aromatic rings. The summed E-state index contributed by atoms with van der Waals surface area (Å²) in [7, 11) is 0. The second-order valence-electron chi connectivity index (χ2n) is 6.24. The third kappa shape index (κ3) is 3.70. The highest BCUT2D eigenvalue weighted by Crippen LogP contribution is 2.34. The summed E-state index contributed by atoms with van der Waals surface area (Å²) in [6, 6.07) is 0. The number of rotatable bonds is 6. The van der Waals surface area contributed by atoms with Gasteiger partial charge < -0.3 is 15.7 Å². The molecule has 1 fully saturated rings. The summed E-state index contributed by atoms with van der Waals surface area (Å²) in [5.74, 6) is 0.0594. The fraction of sp³-hybridized carbons (Fsp3) is 0.867. The Kier molecular flexibility index (Phi) is 5.95. The number of likely N-dealkylation sites (tertiary alicyclic amines) is 1. The maximum atomic E-state index is 12.9. The van der Waals surface area contributed by atoms with Crippen LogP contribution in [0.1, 0.15) is 59.3 Å². The predicted octanol–water partition coefficient (Wildman–Crippen LogP) is 2.23. The Morgan fingerprint density at radius 1 is 1.30 bits per heavy atom. The normalized spacial score (nSPS) is 18.9. The van der Waals surface area contributed by atoms with Crippen LogP contribution in [0, 0.1) is 5.41 Å². The summed E-state index contributed by atoms with van der Waals surface area (Å²) in [4.78, 5) is 15.1. The molecule has 0 bridgehead atoms. The molecule has 1 amide bonds. The number of hydrogen-bond donors (Lipinski definition) is 2. The number of nitrogens with zero attached hydrogens (tertiary/aromatic N) is 1. The van der Waals surface area contributed by atoms with E-state index in [9.17, 15) is 9.90 Å². The first-order valence-electron chi connectivity index (χ1n) is 7.61. The van der Waals surface area contributed by atoms with Gasteiger partial charge in [0.05, 0.1) is 16.0 Å². The van der Waals surface area contributed by atoms with Crippen LogP contribution in [0.5, 0.6) is 0 Å². The molecule has 0 spiro atoms. The monoisotopic (exact) mass is 300 g/mol. The molecule has 1 saturated heterocycles. The minimum Gasteiger partial charge on any atom is -0.392 e. The van der Waals surface area contributed by atoms with E-state index in [-0.39, 0.29) is 5.91 Å². The Balaban J connectivity index is 2.91. The lowest BCUT2D eigenvalue weighted by Crippen LogP contribution is -2.54. The van der Waals surface area contributed by atoms with Gasteiger partial charge in [-0.1, -0.05) is 38.9 Å². The minimum atomic E-state index is -0.692. The molecule has 4 nitrogen and oxygen atoms in total. The first-order chi connectivity index (χ1) is 9.29. The molecular weight excluding hydrogens is 272 g/mol. The van der Waals surface area contributed by atoms with Crippen molar-refractivity contribution in [1.82, 2.24) is 4.90 Å². The van der Waals surface area contributed by atoms with Crippen molar-refractivity contribution in [2.45, 2.75) is 64.9 Å². The summed E-state index contributed by atoms with van der Waals surface area (Å²) < 4.78 is 0. The Morgan fingerprint density at radius 2 is 1.75 bits per heavy atom. The fourth-order valence-electron chi connectivity index (χ4n) is 3.04. The maximum Gasteiger partial charge on any atom is 0.235 e. The van der Waals surface area contributed by atoms with Crippen molar-refractivity contribution >= 4 is 23.1 Å². The average Bonchev–Trinajstić information content (AvgIpc) is 2.37. The quantitative estimate of drug-likeness (QED) is 0.738. The van der Waals surface area contributed by atoms with Gasteiger partial charge in [0, 0.05) is 13.1 Å². The summed E-state index contributed by atoms with van der Waals surface area (Å²) in [6.07, 6.45) is 4.42. The van der Waals surface area contributed by atoms with Crippen molar-refractivity contribution in [3.8, 4) is 0 Å². The SMILES string of the molecule is CCCC(CCC)(C(=O)N1CCC(C)(O)CC1)C(N)=S. The van der Waals surface area contributed by atoms with Crippen LogP contribution in [0.15, 0.2) is 0 Å². The van der Waals surface area contributed by atoms with Gasteiger partial charge in [0.2, 0.25) is 5.91 Å². The number of piperidine rings is 1. The highest BCUT2D eigenvalue weighted by molar-refractivity contribution is 7.80. The lowest BCUT2D eigenvalue weighted by atomic mass is 9.77. The van der Waals surface area contributed by atoms with Gasteiger partial charge in [0.15, 0.2) is 0 Å². The molecule has 116 valence electrons. The van der Waals surface area contributed by atoms with Crippen LogP contribution in [0.3, 0.4) is 0 Å². The van der Waals surface area contributed by atoms with Crippen LogP contribution in [0.25, 0.3) is 0 Å². The van der Waals surface area contributed by atoms with Crippen molar-refractivity contribution in [2.75, 3.05) is 13.1 Å². The summed E-state index contributed by atoms with van der Waals surface area (Å²) in [5.41, 5.74) is 4.59. The van der Waals surface area contributed by atoms with E-state index in [4.69, 9.17) is 18.0 Å². The molecule has 0 unspecified atom stereocenters. The summed E-state index contributed by atoms with van der Waals surface area (Å²) >= 11 is 5.23. The Bertz CT molecular complexity index is 353. The van der Waals surface area contributed by atoms with E-state index in [2.05, 4.69) is 13.8 Å². The van der Waals surface area contributed by atoms with Gasteiger partial charge in [-0.15, -0.1) is 0 Å². The zero-order valence-electron chi connectivity index (χ0n) is 12.9. The smallest absolute Gasteiger partial charge is 0.235 e. The number of aliphatic hydroxyl groups is 1. The molecule has 3 N–H and O–H groups in total. The van der Waals surface area contributed by atoms with E-state index in [1.165, 1.54) is 0 Å². The van der Waals surface area contributed by atoms with Gasteiger partial charge >= 0.3 is 0 Å². The number of thiocarbonyl (C=S) groups is 1. The zero-order valence-corrected chi connectivity index (χ0v) is 13.8. The highest BCUT2D eigenvalue weighted by Gasteiger charge is 2.44. The van der Waals surface area contributed by atoms with Crippen molar-refractivity contribution in [3.63, 3.8) is 0 Å². The highest BCUT2D eigenvalue weighted by atomic mass is 32.1. The van der Waals surface area contributed by atoms with E-state index >= 15 is 0 Å². The molecule has 0 aliphatic carbocycles. The first-order valence-corrected chi connectivity index (χ1v) is 8.01. The predicted molar refractivity (Wildman–Crippen MR) is 85.5 cm³/mol. The third-order valence-corrected chi connectivity index (χ3v) is 4.75. The number of nitrogens with two attached hydrogens (primary N) is 1. The Hall–Kier alpha value is -0.680. The van der Waals surface area contributed by atoms with Gasteiger partial charge in [0.1, 0.15) is 0 Å². The van der Waals surface area contributed by atoms with Crippen LogP contribution >= 0.6 is 12.2 Å². The van der Waals surface area contributed by atoms with E-state index in [1.807, 2.05) is 11.8 Å². The molecule has 1 aliphatic rings. The molecule has 1 heterocycles. The van der Waals surface area contributed by atoms with Crippen molar-refractivity contribution in [3.05, 3.63) is 0 Å². The standard InChI is InChI=1S/C15H28N2O2S/c1-4-6-15(7-5-2,12(16)20)13(18)17-10-8-14(3,19)9-11-17/h19H,4-11H2,1-3H3,(H2,16,20). The first kappa shape index (κ1) is 17.4. The molecule has 0 atom stereocenters. The molecule has 1 rings (SSSR count). The molecule has 5 heteroatoms. The van der Waals surface area contributed by atoms with Crippen LogP contribution in [0.2, 0.25) is 0 Å². The van der Waals surface area contributed by atoms with Crippen molar-refractivity contribution < 1.29 is 9.90 Å². The molecule has 1 aliphatic heterocycles. The number of amides is 1. The van der Waals surface area contributed by atoms with Crippen LogP contribution in [-0.4, -0.2) is 39.6 Å². The molecule has 0 radical (unpaired) electrons. The summed E-state index contributed by atoms with van der Waals surface area (Å²) in [6.45, 7) is 7.11. The summed E-state index contributed by atoms with van der Waals surface area (Å²) in [5, 5.41) is 10.0. The second kappa shape index (κ2) is 6.85. The van der Waals surface area contributed by atoms with E-state index in [0.29, 0.717) is 43.8 Å². The van der Waals surface area contributed by atoms with Crippen molar-refractivity contribution in [2.24, 2.45) is 11.1 Å². The topological polar surface area (TPSA) is 66.6 Å². The van der Waals surface area contributed by atoms with Crippen LogP contribution < -0.4 is 5.73 Å². The molecule has 0 saturated carbocycles. The maximum absolute atomic E-state index is 12.9.